The Morgan fingerprint density at radius 2 is 1.93 bits per heavy atom. The van der Waals surface area contributed by atoms with Crippen LogP contribution in [0, 0.1) is 6.92 Å². The first kappa shape index (κ1) is 23.9. The van der Waals surface area contributed by atoms with Gasteiger partial charge in [0.05, 0.1) is 11.9 Å². The zero-order valence-corrected chi connectivity index (χ0v) is 16.3. The molecule has 2 aromatic heterocycles. The second-order valence-corrected chi connectivity index (χ2v) is 5.89. The number of halogens is 4. The van der Waals surface area contributed by atoms with Crippen molar-refractivity contribution in [3.63, 3.8) is 0 Å². The summed E-state index contributed by atoms with van der Waals surface area (Å²) in [5.74, 6) is -2.77. The summed E-state index contributed by atoms with van der Waals surface area (Å²) in [6.45, 7) is 4.49. The van der Waals surface area contributed by atoms with Crippen molar-refractivity contribution in [2.45, 2.75) is 20.0 Å². The predicted octanol–water partition coefficient (Wildman–Crippen LogP) is 2.76. The SMILES string of the molecule is CCN(C)c1nc(N)c(C(=O)Nc2cnccc2C)nc1Cl.O=C(O)C(F)(F)F. The van der Waals surface area contributed by atoms with Crippen molar-refractivity contribution >= 4 is 40.8 Å². The number of nitrogens with zero attached hydrogens (tertiary/aromatic N) is 4. The molecule has 0 aromatic carbocycles. The van der Waals surface area contributed by atoms with Crippen LogP contribution < -0.4 is 16.0 Å². The van der Waals surface area contributed by atoms with Crippen molar-refractivity contribution < 1.29 is 27.9 Å². The van der Waals surface area contributed by atoms with Crippen LogP contribution in [0.2, 0.25) is 5.15 Å². The van der Waals surface area contributed by atoms with E-state index < -0.39 is 18.1 Å². The average molecular weight is 435 g/mol. The fraction of sp³-hybridized carbons (Fsp3) is 0.312. The van der Waals surface area contributed by atoms with Gasteiger partial charge in [0.15, 0.2) is 22.5 Å². The smallest absolute Gasteiger partial charge is 0.475 e. The van der Waals surface area contributed by atoms with Gasteiger partial charge in [0.1, 0.15) is 0 Å². The highest BCUT2D eigenvalue weighted by Crippen LogP contribution is 2.24. The normalized spacial score (nSPS) is 10.6. The monoisotopic (exact) mass is 434 g/mol. The highest BCUT2D eigenvalue weighted by molar-refractivity contribution is 6.32. The molecule has 0 saturated carbocycles. The van der Waals surface area contributed by atoms with Crippen molar-refractivity contribution in [3.8, 4) is 0 Å². The lowest BCUT2D eigenvalue weighted by Crippen LogP contribution is -2.22. The predicted molar refractivity (Wildman–Crippen MR) is 101 cm³/mol. The minimum atomic E-state index is -5.08. The zero-order chi connectivity index (χ0) is 22.4. The van der Waals surface area contributed by atoms with Crippen LogP contribution in [0.5, 0.6) is 0 Å². The second-order valence-electron chi connectivity index (χ2n) is 5.53. The minimum absolute atomic E-state index is 0.0125. The highest BCUT2D eigenvalue weighted by Gasteiger charge is 2.38. The first-order valence-corrected chi connectivity index (χ1v) is 8.32. The molecule has 4 N–H and O–H groups in total. The van der Waals surface area contributed by atoms with E-state index >= 15 is 0 Å². The van der Waals surface area contributed by atoms with Gasteiger partial charge in [-0.3, -0.25) is 9.78 Å². The maximum absolute atomic E-state index is 12.3. The van der Waals surface area contributed by atoms with Gasteiger partial charge in [0.2, 0.25) is 0 Å². The molecule has 0 spiro atoms. The van der Waals surface area contributed by atoms with Crippen molar-refractivity contribution in [2.75, 3.05) is 29.5 Å². The van der Waals surface area contributed by atoms with Gasteiger partial charge in [-0.05, 0) is 25.5 Å². The molecule has 0 aliphatic heterocycles. The summed E-state index contributed by atoms with van der Waals surface area (Å²) < 4.78 is 31.7. The van der Waals surface area contributed by atoms with Crippen LogP contribution in [0.25, 0.3) is 0 Å². The molecule has 0 aliphatic rings. The molecule has 9 nitrogen and oxygen atoms in total. The Balaban J connectivity index is 0.000000516. The molecule has 0 aliphatic carbocycles. The minimum Gasteiger partial charge on any atom is -0.475 e. The average Bonchev–Trinajstić information content (AvgIpc) is 2.64. The molecular weight excluding hydrogens is 417 g/mol. The summed E-state index contributed by atoms with van der Waals surface area (Å²) in [6, 6.07) is 1.79. The Labute approximate surface area is 168 Å². The lowest BCUT2D eigenvalue weighted by atomic mass is 10.2. The van der Waals surface area contributed by atoms with E-state index in [1.54, 1.807) is 23.4 Å². The van der Waals surface area contributed by atoms with Crippen LogP contribution >= 0.6 is 11.6 Å². The standard InChI is InChI=1S/C14H17ClN6O.C2HF3O2/c1-4-21(3)13-11(15)19-10(12(16)20-13)14(22)18-9-7-17-6-5-8(9)2;3-2(4,5)1(6)7/h5-7H,4H2,1-3H3,(H2,16,20)(H,18,22);(H,6,7). The number of aliphatic carboxylic acids is 1. The number of nitrogens with two attached hydrogens (primary N) is 1. The van der Waals surface area contributed by atoms with Crippen molar-refractivity contribution in [2.24, 2.45) is 0 Å². The maximum atomic E-state index is 12.3. The van der Waals surface area contributed by atoms with E-state index in [1.807, 2.05) is 20.9 Å². The van der Waals surface area contributed by atoms with Gasteiger partial charge in [0, 0.05) is 19.8 Å². The van der Waals surface area contributed by atoms with Crippen molar-refractivity contribution in [1.82, 2.24) is 15.0 Å². The lowest BCUT2D eigenvalue weighted by molar-refractivity contribution is -0.192. The molecular formula is C16H18ClF3N6O3. The number of rotatable bonds is 4. The number of alkyl halides is 3. The third kappa shape index (κ3) is 6.75. The molecule has 0 unspecified atom stereocenters. The number of amides is 1. The number of aryl methyl sites for hydroxylation is 1. The Morgan fingerprint density at radius 1 is 1.34 bits per heavy atom. The van der Waals surface area contributed by atoms with E-state index in [2.05, 4.69) is 20.3 Å². The van der Waals surface area contributed by atoms with Crippen LogP contribution in [-0.2, 0) is 4.79 Å². The largest absolute Gasteiger partial charge is 0.490 e. The summed E-state index contributed by atoms with van der Waals surface area (Å²) in [4.78, 5) is 35.2. The summed E-state index contributed by atoms with van der Waals surface area (Å²) in [6.07, 6.45) is -1.89. The molecule has 2 heterocycles. The third-order valence-corrected chi connectivity index (χ3v) is 3.70. The lowest BCUT2D eigenvalue weighted by Gasteiger charge is -2.17. The number of nitrogen functional groups attached to an aromatic ring is 1. The maximum Gasteiger partial charge on any atom is 0.490 e. The first-order valence-electron chi connectivity index (χ1n) is 7.94. The Bertz CT molecular complexity index is 895. The fourth-order valence-electron chi connectivity index (χ4n) is 1.75. The molecule has 0 bridgehead atoms. The number of pyridine rings is 1. The van der Waals surface area contributed by atoms with E-state index in [1.165, 1.54) is 0 Å². The van der Waals surface area contributed by atoms with Crippen LogP contribution in [-0.4, -0.2) is 51.7 Å². The highest BCUT2D eigenvalue weighted by atomic mass is 35.5. The van der Waals surface area contributed by atoms with Gasteiger partial charge < -0.3 is 21.1 Å². The number of carbonyl (C=O) groups excluding carboxylic acids is 1. The number of carboxylic acid groups (broad SMARTS) is 1. The van der Waals surface area contributed by atoms with Crippen molar-refractivity contribution in [3.05, 3.63) is 34.9 Å². The summed E-state index contributed by atoms with van der Waals surface area (Å²) in [5, 5.41) is 9.96. The Hall–Kier alpha value is -3.15. The van der Waals surface area contributed by atoms with Gasteiger partial charge in [0.25, 0.3) is 5.91 Å². The first-order chi connectivity index (χ1) is 13.4. The van der Waals surface area contributed by atoms with Crippen LogP contribution in [0.4, 0.5) is 30.5 Å². The summed E-state index contributed by atoms with van der Waals surface area (Å²) in [5.41, 5.74) is 7.29. The molecule has 13 heteroatoms. The van der Waals surface area contributed by atoms with E-state index in [-0.39, 0.29) is 16.7 Å². The fourth-order valence-corrected chi connectivity index (χ4v) is 2.03. The molecule has 2 rings (SSSR count). The second kappa shape index (κ2) is 9.87. The third-order valence-electron chi connectivity index (χ3n) is 3.44. The van der Waals surface area contributed by atoms with Gasteiger partial charge in [-0.15, -0.1) is 0 Å². The molecule has 1 amide bonds. The van der Waals surface area contributed by atoms with Gasteiger partial charge in [-0.25, -0.2) is 14.8 Å². The topological polar surface area (TPSA) is 134 Å². The Morgan fingerprint density at radius 3 is 2.41 bits per heavy atom. The Kier molecular flexibility index (Phi) is 8.13. The van der Waals surface area contributed by atoms with Crippen molar-refractivity contribution in [1.29, 1.82) is 0 Å². The van der Waals surface area contributed by atoms with Crippen LogP contribution in [0.15, 0.2) is 18.5 Å². The number of carbonyl (C=O) groups is 2. The van der Waals surface area contributed by atoms with Gasteiger partial charge in [-0.2, -0.15) is 13.2 Å². The number of hydrogen-bond donors (Lipinski definition) is 3. The van der Waals surface area contributed by atoms with E-state index in [0.717, 1.165) is 5.56 Å². The number of nitrogens with one attached hydrogen (secondary N) is 1. The molecule has 0 atom stereocenters. The molecule has 158 valence electrons. The van der Waals surface area contributed by atoms with Crippen LogP contribution in [0.1, 0.15) is 23.0 Å². The molecule has 2 aromatic rings. The number of aromatic nitrogens is 3. The van der Waals surface area contributed by atoms with Gasteiger partial charge in [-0.1, -0.05) is 11.6 Å². The van der Waals surface area contributed by atoms with Crippen LogP contribution in [0.3, 0.4) is 0 Å². The van der Waals surface area contributed by atoms with E-state index in [9.17, 15) is 18.0 Å². The summed E-state index contributed by atoms with van der Waals surface area (Å²) >= 11 is 6.09. The van der Waals surface area contributed by atoms with E-state index in [0.29, 0.717) is 18.1 Å². The number of carboxylic acids is 1. The zero-order valence-electron chi connectivity index (χ0n) is 15.6. The quantitative estimate of drug-likeness (QED) is 0.668. The van der Waals surface area contributed by atoms with E-state index in [4.69, 9.17) is 27.2 Å². The molecule has 0 saturated heterocycles. The number of anilines is 3. The van der Waals surface area contributed by atoms with Gasteiger partial charge >= 0.3 is 12.1 Å². The molecule has 0 fully saturated rings. The summed E-state index contributed by atoms with van der Waals surface area (Å²) in [7, 11) is 1.81. The molecule has 29 heavy (non-hydrogen) atoms. The molecule has 0 radical (unpaired) electrons. The number of hydrogen-bond acceptors (Lipinski definition) is 7.